The molecule has 0 bridgehead atoms. The lowest BCUT2D eigenvalue weighted by molar-refractivity contribution is -0.0498. The molecule has 1 N–H and O–H groups in total. The van der Waals surface area contributed by atoms with Gasteiger partial charge in [0, 0.05) is 28.1 Å². The van der Waals surface area contributed by atoms with Crippen molar-refractivity contribution in [3.05, 3.63) is 46.2 Å². The average Bonchev–Trinajstić information content (AvgIpc) is 2.84. The number of alkyl halides is 2. The predicted octanol–water partition coefficient (Wildman–Crippen LogP) is 5.26. The van der Waals surface area contributed by atoms with Crippen LogP contribution in [0.4, 0.5) is 14.5 Å². The summed E-state index contributed by atoms with van der Waals surface area (Å²) in [6, 6.07) is 10.8. The van der Waals surface area contributed by atoms with Gasteiger partial charge in [-0.2, -0.15) is 8.78 Å². The zero-order valence-electron chi connectivity index (χ0n) is 12.3. The van der Waals surface area contributed by atoms with Gasteiger partial charge in [-0.25, -0.2) is 0 Å². The molecular weight excluding hydrogens is 292 g/mol. The van der Waals surface area contributed by atoms with Crippen molar-refractivity contribution in [1.29, 1.82) is 0 Å². The Morgan fingerprint density at radius 1 is 1.19 bits per heavy atom. The van der Waals surface area contributed by atoms with Crippen LogP contribution in [-0.4, -0.2) is 6.61 Å². The van der Waals surface area contributed by atoms with E-state index in [0.717, 1.165) is 5.69 Å². The van der Waals surface area contributed by atoms with Crippen LogP contribution in [0.3, 0.4) is 0 Å². The van der Waals surface area contributed by atoms with Gasteiger partial charge in [-0.1, -0.05) is 26.8 Å². The lowest BCUT2D eigenvalue weighted by Gasteiger charge is -2.15. The number of hydrogen-bond acceptors (Lipinski definition) is 3. The summed E-state index contributed by atoms with van der Waals surface area (Å²) in [6.45, 7) is 4.41. The van der Waals surface area contributed by atoms with Crippen LogP contribution >= 0.6 is 11.3 Å². The zero-order chi connectivity index (χ0) is 15.5. The fourth-order valence-corrected chi connectivity index (χ4v) is 2.85. The van der Waals surface area contributed by atoms with Crippen LogP contribution in [0, 0.1) is 0 Å². The van der Waals surface area contributed by atoms with Gasteiger partial charge in [0.2, 0.25) is 0 Å². The second kappa shape index (κ2) is 6.43. The maximum Gasteiger partial charge on any atom is 0.387 e. The summed E-state index contributed by atoms with van der Waals surface area (Å²) in [4.78, 5) is 2.54. The minimum Gasteiger partial charge on any atom is -0.435 e. The maximum atomic E-state index is 12.2. The van der Waals surface area contributed by atoms with Gasteiger partial charge >= 0.3 is 6.61 Å². The van der Waals surface area contributed by atoms with Gasteiger partial charge in [-0.3, -0.25) is 0 Å². The summed E-state index contributed by atoms with van der Waals surface area (Å²) in [6.07, 6.45) is 0. The van der Waals surface area contributed by atoms with Crippen LogP contribution in [-0.2, 0) is 12.0 Å². The van der Waals surface area contributed by atoms with Crippen LogP contribution in [0.15, 0.2) is 36.4 Å². The number of thiophene rings is 1. The summed E-state index contributed by atoms with van der Waals surface area (Å²) in [7, 11) is 0. The number of hydrogen-bond donors (Lipinski definition) is 1. The molecule has 0 radical (unpaired) electrons. The van der Waals surface area contributed by atoms with Crippen LogP contribution < -0.4 is 10.1 Å². The summed E-state index contributed by atoms with van der Waals surface area (Å²) < 4.78 is 28.7. The van der Waals surface area contributed by atoms with Crippen LogP contribution in [0.25, 0.3) is 0 Å². The topological polar surface area (TPSA) is 21.3 Å². The molecule has 0 aliphatic carbocycles. The fourth-order valence-electron chi connectivity index (χ4n) is 1.85. The normalized spacial score (nSPS) is 11.7. The molecule has 2 rings (SSSR count). The highest BCUT2D eigenvalue weighted by molar-refractivity contribution is 7.12. The summed E-state index contributed by atoms with van der Waals surface area (Å²) in [5.74, 6) is 0.163. The molecular formula is C16H19F2NOS. The average molecular weight is 311 g/mol. The van der Waals surface area contributed by atoms with Crippen molar-refractivity contribution in [3.63, 3.8) is 0 Å². The van der Waals surface area contributed by atoms with E-state index in [1.165, 1.54) is 15.8 Å². The smallest absolute Gasteiger partial charge is 0.387 e. The molecule has 2 nitrogen and oxygen atoms in total. The molecule has 114 valence electrons. The first kappa shape index (κ1) is 15.8. The van der Waals surface area contributed by atoms with E-state index in [-0.39, 0.29) is 11.2 Å². The Bertz CT molecular complexity index is 590. The maximum absolute atomic E-state index is 12.2. The number of anilines is 1. The second-order valence-electron chi connectivity index (χ2n) is 5.78. The molecule has 21 heavy (non-hydrogen) atoms. The lowest BCUT2D eigenvalue weighted by atomic mass is 9.95. The third-order valence-corrected chi connectivity index (χ3v) is 4.44. The van der Waals surface area contributed by atoms with Gasteiger partial charge in [-0.15, -0.1) is 11.3 Å². The highest BCUT2D eigenvalue weighted by Gasteiger charge is 2.15. The van der Waals surface area contributed by atoms with E-state index >= 15 is 0 Å². The molecule has 0 saturated carbocycles. The van der Waals surface area contributed by atoms with E-state index in [9.17, 15) is 8.78 Å². The molecule has 0 aliphatic heterocycles. The fraction of sp³-hybridized carbons (Fsp3) is 0.375. The molecule has 0 spiro atoms. The largest absolute Gasteiger partial charge is 0.435 e. The molecule has 2 aromatic rings. The molecule has 0 aliphatic rings. The van der Waals surface area contributed by atoms with Crippen molar-refractivity contribution in [2.45, 2.75) is 39.3 Å². The highest BCUT2D eigenvalue weighted by Crippen LogP contribution is 2.30. The Morgan fingerprint density at radius 3 is 2.57 bits per heavy atom. The molecule has 1 aromatic carbocycles. The van der Waals surface area contributed by atoms with E-state index in [4.69, 9.17) is 0 Å². The van der Waals surface area contributed by atoms with Crippen molar-refractivity contribution >= 4 is 17.0 Å². The molecule has 0 saturated heterocycles. The van der Waals surface area contributed by atoms with E-state index < -0.39 is 6.61 Å². The Labute approximate surface area is 127 Å². The predicted molar refractivity (Wildman–Crippen MR) is 83.4 cm³/mol. The summed E-state index contributed by atoms with van der Waals surface area (Å²) >= 11 is 1.76. The Balaban J connectivity index is 1.98. The van der Waals surface area contributed by atoms with E-state index in [0.29, 0.717) is 6.54 Å². The molecule has 1 aromatic heterocycles. The number of nitrogens with one attached hydrogen (secondary N) is 1. The Kier molecular flexibility index (Phi) is 4.83. The monoisotopic (exact) mass is 311 g/mol. The van der Waals surface area contributed by atoms with Crippen molar-refractivity contribution in [2.75, 3.05) is 5.32 Å². The molecule has 0 unspecified atom stereocenters. The number of halogens is 2. The van der Waals surface area contributed by atoms with Crippen molar-refractivity contribution in [2.24, 2.45) is 0 Å². The highest BCUT2D eigenvalue weighted by atomic mass is 32.1. The van der Waals surface area contributed by atoms with Crippen LogP contribution in [0.1, 0.15) is 30.5 Å². The van der Waals surface area contributed by atoms with E-state index in [1.807, 2.05) is 6.07 Å². The minimum absolute atomic E-state index is 0.147. The minimum atomic E-state index is -2.80. The third-order valence-electron chi connectivity index (χ3n) is 2.93. The van der Waals surface area contributed by atoms with Gasteiger partial charge in [0.25, 0.3) is 0 Å². The van der Waals surface area contributed by atoms with Crippen molar-refractivity contribution in [1.82, 2.24) is 0 Å². The Hall–Kier alpha value is -1.62. The zero-order valence-corrected chi connectivity index (χ0v) is 13.1. The summed E-state index contributed by atoms with van der Waals surface area (Å²) in [5.41, 5.74) is 0.910. The lowest BCUT2D eigenvalue weighted by Crippen LogP contribution is -2.07. The van der Waals surface area contributed by atoms with Gasteiger partial charge < -0.3 is 10.1 Å². The van der Waals surface area contributed by atoms with E-state index in [1.54, 1.807) is 23.5 Å². The summed E-state index contributed by atoms with van der Waals surface area (Å²) in [5, 5.41) is 3.22. The number of rotatable bonds is 5. The van der Waals surface area contributed by atoms with Crippen molar-refractivity contribution in [3.8, 4) is 5.75 Å². The van der Waals surface area contributed by atoms with Gasteiger partial charge in [0.05, 0.1) is 0 Å². The van der Waals surface area contributed by atoms with Crippen molar-refractivity contribution < 1.29 is 13.5 Å². The first-order valence-electron chi connectivity index (χ1n) is 6.72. The third kappa shape index (κ3) is 4.70. The quantitative estimate of drug-likeness (QED) is 0.813. The van der Waals surface area contributed by atoms with Crippen LogP contribution in [0.5, 0.6) is 5.75 Å². The first-order chi connectivity index (χ1) is 9.84. The molecule has 0 fully saturated rings. The molecule has 0 atom stereocenters. The molecule has 0 amide bonds. The number of benzene rings is 1. The Morgan fingerprint density at radius 2 is 1.95 bits per heavy atom. The van der Waals surface area contributed by atoms with Gasteiger partial charge in [0.1, 0.15) is 5.75 Å². The molecule has 1 heterocycles. The first-order valence-corrected chi connectivity index (χ1v) is 7.54. The van der Waals surface area contributed by atoms with Crippen LogP contribution in [0.2, 0.25) is 0 Å². The second-order valence-corrected chi connectivity index (χ2v) is 6.94. The molecule has 5 heteroatoms. The van der Waals surface area contributed by atoms with Gasteiger partial charge in [-0.05, 0) is 29.7 Å². The van der Waals surface area contributed by atoms with E-state index in [2.05, 4.69) is 43.0 Å². The van der Waals surface area contributed by atoms with Gasteiger partial charge in [0.15, 0.2) is 0 Å². The SMILES string of the molecule is CC(C)(C)c1ccc(CNc2cccc(OC(F)F)c2)s1. The standard InChI is InChI=1S/C16H19F2NOS/c1-16(2,3)14-8-7-13(21-14)10-19-11-5-4-6-12(9-11)20-15(17)18/h4-9,15,19H,10H2,1-3H3. The number of ether oxygens (including phenoxy) is 1.